The molecule has 0 atom stereocenters. The van der Waals surface area contributed by atoms with E-state index in [4.69, 9.17) is 0 Å². The van der Waals surface area contributed by atoms with Crippen LogP contribution in [0.1, 0.15) is 18.5 Å². The van der Waals surface area contributed by atoms with E-state index in [0.29, 0.717) is 12.6 Å². The van der Waals surface area contributed by atoms with Crippen LogP contribution in [0.3, 0.4) is 0 Å². The Morgan fingerprint density at radius 1 is 1.29 bits per heavy atom. The van der Waals surface area contributed by atoms with E-state index in [-0.39, 0.29) is 5.91 Å². The van der Waals surface area contributed by atoms with Crippen LogP contribution in [0.4, 0.5) is 5.69 Å². The Balaban J connectivity index is 1.57. The molecule has 1 aliphatic carbocycles. The summed E-state index contributed by atoms with van der Waals surface area (Å²) in [5, 5.41) is 6.39. The minimum atomic E-state index is -0.0167. The Morgan fingerprint density at radius 3 is 2.90 bits per heavy atom. The number of nitrogens with zero attached hydrogens (tertiary/aromatic N) is 1. The molecule has 1 amide bonds. The zero-order valence-corrected chi connectivity index (χ0v) is 13.3. The van der Waals surface area contributed by atoms with Crippen LogP contribution in [0, 0.1) is 0 Å². The molecule has 1 fully saturated rings. The maximum absolute atomic E-state index is 12.1. The lowest BCUT2D eigenvalue weighted by atomic mass is 10.3. The van der Waals surface area contributed by atoms with Crippen molar-refractivity contribution in [3.05, 3.63) is 52.8 Å². The lowest BCUT2D eigenvalue weighted by Gasteiger charge is -2.10. The van der Waals surface area contributed by atoms with Gasteiger partial charge in [-0.3, -0.25) is 4.79 Å². The fourth-order valence-corrected chi connectivity index (χ4v) is 2.62. The largest absolute Gasteiger partial charge is 0.341 e. The monoisotopic (exact) mass is 347 g/mol. The van der Waals surface area contributed by atoms with Gasteiger partial charge in [-0.15, -0.1) is 0 Å². The molecule has 0 aliphatic heterocycles. The molecule has 5 heteroatoms. The van der Waals surface area contributed by atoms with Crippen molar-refractivity contribution in [3.63, 3.8) is 0 Å². The molecule has 1 aromatic carbocycles. The van der Waals surface area contributed by atoms with Gasteiger partial charge in [-0.2, -0.15) is 0 Å². The first kappa shape index (κ1) is 14.4. The molecule has 1 heterocycles. The number of halogens is 1. The van der Waals surface area contributed by atoms with E-state index in [0.717, 1.165) is 22.4 Å². The van der Waals surface area contributed by atoms with Crippen LogP contribution >= 0.6 is 15.9 Å². The van der Waals surface area contributed by atoms with E-state index in [1.165, 1.54) is 12.8 Å². The van der Waals surface area contributed by atoms with Gasteiger partial charge in [-0.25, -0.2) is 0 Å². The average molecular weight is 348 g/mol. The predicted octanol–water partition coefficient (Wildman–Crippen LogP) is 3.14. The highest BCUT2D eigenvalue weighted by molar-refractivity contribution is 9.10. The molecular weight excluding hydrogens is 330 g/mol. The zero-order valence-electron chi connectivity index (χ0n) is 11.7. The van der Waals surface area contributed by atoms with Gasteiger partial charge in [0.25, 0.3) is 0 Å². The van der Waals surface area contributed by atoms with E-state index in [2.05, 4.69) is 32.6 Å². The van der Waals surface area contributed by atoms with Gasteiger partial charge in [-0.1, -0.05) is 22.0 Å². The molecule has 0 saturated heterocycles. The van der Waals surface area contributed by atoms with Gasteiger partial charge in [0.05, 0.1) is 0 Å². The van der Waals surface area contributed by atoms with E-state index < -0.39 is 0 Å². The highest BCUT2D eigenvalue weighted by Crippen LogP contribution is 2.19. The first-order valence-corrected chi connectivity index (χ1v) is 7.93. The Hall–Kier alpha value is -1.59. The number of carbonyl (C=O) groups is 1. The van der Waals surface area contributed by atoms with Crippen molar-refractivity contribution in [2.24, 2.45) is 0 Å². The van der Waals surface area contributed by atoms with Gasteiger partial charge in [0, 0.05) is 34.6 Å². The van der Waals surface area contributed by atoms with E-state index in [1.54, 1.807) is 0 Å². The quantitative estimate of drug-likeness (QED) is 0.843. The van der Waals surface area contributed by atoms with Crippen molar-refractivity contribution >= 4 is 27.5 Å². The minimum Gasteiger partial charge on any atom is -0.341 e. The summed E-state index contributed by atoms with van der Waals surface area (Å²) in [4.78, 5) is 12.1. The predicted molar refractivity (Wildman–Crippen MR) is 87.1 cm³/mol. The normalized spacial score (nSPS) is 14.1. The number of benzene rings is 1. The molecule has 4 nitrogen and oxygen atoms in total. The summed E-state index contributed by atoms with van der Waals surface area (Å²) in [6.45, 7) is 1.16. The van der Waals surface area contributed by atoms with Crippen molar-refractivity contribution in [1.82, 2.24) is 9.88 Å². The van der Waals surface area contributed by atoms with Crippen molar-refractivity contribution in [2.75, 3.05) is 5.32 Å². The maximum atomic E-state index is 12.1. The number of carbonyl (C=O) groups excluding carboxylic acids is 1. The molecule has 0 bridgehead atoms. The summed E-state index contributed by atoms with van der Waals surface area (Å²) in [5.41, 5.74) is 1.95. The van der Waals surface area contributed by atoms with Gasteiger partial charge in [0.2, 0.25) is 5.91 Å². The summed E-state index contributed by atoms with van der Waals surface area (Å²) < 4.78 is 2.94. The maximum Gasteiger partial charge on any atom is 0.244 e. The van der Waals surface area contributed by atoms with Crippen molar-refractivity contribution in [3.8, 4) is 0 Å². The van der Waals surface area contributed by atoms with E-state index in [1.807, 2.05) is 41.1 Å². The molecule has 3 rings (SSSR count). The van der Waals surface area contributed by atoms with Crippen molar-refractivity contribution in [2.45, 2.75) is 32.0 Å². The van der Waals surface area contributed by atoms with Crippen LogP contribution in [0.25, 0.3) is 0 Å². The van der Waals surface area contributed by atoms with Gasteiger partial charge in [0.15, 0.2) is 0 Å². The zero-order chi connectivity index (χ0) is 14.7. The molecule has 0 unspecified atom stereocenters. The first-order chi connectivity index (χ1) is 10.2. The molecule has 21 heavy (non-hydrogen) atoms. The average Bonchev–Trinajstić information content (AvgIpc) is 3.17. The Bertz CT molecular complexity index is 634. The summed E-state index contributed by atoms with van der Waals surface area (Å²) in [5.74, 6) is -0.0167. The molecule has 0 spiro atoms. The number of hydrogen-bond donors (Lipinski definition) is 2. The molecule has 1 aromatic heterocycles. The second-order valence-corrected chi connectivity index (χ2v) is 6.26. The highest BCUT2D eigenvalue weighted by Gasteiger charge is 2.20. The highest BCUT2D eigenvalue weighted by atomic mass is 79.9. The molecule has 110 valence electrons. The SMILES string of the molecule is O=C(Cn1cccc1CNC1CC1)Nc1cccc(Br)c1. The van der Waals surface area contributed by atoms with Crippen LogP contribution in [0.5, 0.6) is 0 Å². The van der Waals surface area contributed by atoms with Crippen LogP contribution < -0.4 is 10.6 Å². The Kier molecular flexibility index (Phi) is 4.41. The summed E-state index contributed by atoms with van der Waals surface area (Å²) in [7, 11) is 0. The molecule has 2 N–H and O–H groups in total. The van der Waals surface area contributed by atoms with Gasteiger partial charge in [0.1, 0.15) is 6.54 Å². The van der Waals surface area contributed by atoms with Crippen molar-refractivity contribution in [1.29, 1.82) is 0 Å². The second-order valence-electron chi connectivity index (χ2n) is 5.34. The minimum absolute atomic E-state index is 0.0167. The topological polar surface area (TPSA) is 46.1 Å². The van der Waals surface area contributed by atoms with Gasteiger partial charge >= 0.3 is 0 Å². The second kappa shape index (κ2) is 6.45. The number of anilines is 1. The van der Waals surface area contributed by atoms with E-state index in [9.17, 15) is 4.79 Å². The first-order valence-electron chi connectivity index (χ1n) is 7.13. The Morgan fingerprint density at radius 2 is 2.14 bits per heavy atom. The number of hydrogen-bond acceptors (Lipinski definition) is 2. The molecule has 0 radical (unpaired) electrons. The smallest absolute Gasteiger partial charge is 0.244 e. The van der Waals surface area contributed by atoms with Crippen LogP contribution in [-0.2, 0) is 17.9 Å². The fraction of sp³-hybridized carbons (Fsp3) is 0.312. The summed E-state index contributed by atoms with van der Waals surface area (Å²) in [6.07, 6.45) is 4.48. The fourth-order valence-electron chi connectivity index (χ4n) is 2.22. The Labute approximate surface area is 132 Å². The third-order valence-corrected chi connectivity index (χ3v) is 3.99. The van der Waals surface area contributed by atoms with Gasteiger partial charge < -0.3 is 15.2 Å². The van der Waals surface area contributed by atoms with Crippen LogP contribution in [0.2, 0.25) is 0 Å². The lowest BCUT2D eigenvalue weighted by molar-refractivity contribution is -0.116. The van der Waals surface area contributed by atoms with Crippen molar-refractivity contribution < 1.29 is 4.79 Å². The molecular formula is C16H18BrN3O. The number of rotatable bonds is 6. The third-order valence-electron chi connectivity index (χ3n) is 3.50. The van der Waals surface area contributed by atoms with Crippen LogP contribution in [0.15, 0.2) is 47.1 Å². The number of aromatic nitrogens is 1. The standard InChI is InChI=1S/C16H18BrN3O/c17-12-3-1-4-14(9-12)19-16(21)11-20-8-2-5-15(20)10-18-13-6-7-13/h1-5,8-9,13,18H,6-7,10-11H2,(H,19,21). The third kappa shape index (κ3) is 4.19. The summed E-state index contributed by atoms with van der Waals surface area (Å²) >= 11 is 3.40. The van der Waals surface area contributed by atoms with Crippen LogP contribution in [-0.4, -0.2) is 16.5 Å². The lowest BCUT2D eigenvalue weighted by Crippen LogP contribution is -2.22. The summed E-state index contributed by atoms with van der Waals surface area (Å²) in [6, 6.07) is 12.3. The molecule has 2 aromatic rings. The van der Waals surface area contributed by atoms with Gasteiger partial charge in [-0.05, 0) is 43.2 Å². The van der Waals surface area contributed by atoms with E-state index >= 15 is 0 Å². The number of amides is 1. The number of nitrogens with one attached hydrogen (secondary N) is 2. The molecule has 1 aliphatic rings. The molecule has 1 saturated carbocycles.